The summed E-state index contributed by atoms with van der Waals surface area (Å²) in [6, 6.07) is 14.4. The highest BCUT2D eigenvalue weighted by Gasteiger charge is 2.29. The molecule has 0 aliphatic rings. The minimum Gasteiger partial charge on any atom is -0.457 e. The van der Waals surface area contributed by atoms with Gasteiger partial charge in [-0.05, 0) is 55.8 Å². The molecule has 0 radical (unpaired) electrons. The van der Waals surface area contributed by atoms with Crippen LogP contribution in [0.5, 0.6) is 11.5 Å². The molecule has 1 heterocycles. The zero-order chi connectivity index (χ0) is 18.0. The first-order valence-electron chi connectivity index (χ1n) is 7.69. The third kappa shape index (κ3) is 3.43. The summed E-state index contributed by atoms with van der Waals surface area (Å²) in [5, 5.41) is 10.3. The Bertz CT molecular complexity index is 924. The van der Waals surface area contributed by atoms with Gasteiger partial charge in [0, 0.05) is 16.6 Å². The van der Waals surface area contributed by atoms with E-state index in [0.29, 0.717) is 16.5 Å². The lowest BCUT2D eigenvalue weighted by atomic mass is 9.84. The van der Waals surface area contributed by atoms with Gasteiger partial charge in [-0.1, -0.05) is 23.7 Å². The summed E-state index contributed by atoms with van der Waals surface area (Å²) in [5.74, 6) is 0.825. The molecule has 0 bridgehead atoms. The van der Waals surface area contributed by atoms with Gasteiger partial charge in [-0.2, -0.15) is 0 Å². The molecule has 0 unspecified atom stereocenters. The monoisotopic (exact) mass is 356 g/mol. The van der Waals surface area contributed by atoms with Crippen LogP contribution in [0, 0.1) is 0 Å². The Morgan fingerprint density at radius 3 is 2.56 bits per heavy atom. The van der Waals surface area contributed by atoms with E-state index in [2.05, 4.69) is 4.98 Å². The first kappa shape index (κ1) is 17.2. The number of pyridine rings is 1. The molecule has 0 atom stereocenters. The van der Waals surface area contributed by atoms with Gasteiger partial charge >= 0.3 is 0 Å². The van der Waals surface area contributed by atoms with Crippen LogP contribution in [0.25, 0.3) is 10.9 Å². The zero-order valence-electron chi connectivity index (χ0n) is 13.8. The normalized spacial score (nSPS) is 11.4. The van der Waals surface area contributed by atoms with Crippen LogP contribution in [0.4, 0.5) is 0 Å². The number of nitrogens with one attached hydrogen (secondary N) is 1. The Morgan fingerprint density at radius 2 is 1.88 bits per heavy atom. The summed E-state index contributed by atoms with van der Waals surface area (Å²) < 4.78 is 5.95. The lowest BCUT2D eigenvalue weighted by Crippen LogP contribution is -2.38. The maximum Gasteiger partial charge on any atom is 0.253 e. The van der Waals surface area contributed by atoms with Crippen LogP contribution in [0.1, 0.15) is 19.4 Å². The Labute approximate surface area is 150 Å². The van der Waals surface area contributed by atoms with Gasteiger partial charge < -0.3 is 4.74 Å². The highest BCUT2D eigenvalue weighted by atomic mass is 35.5. The van der Waals surface area contributed by atoms with E-state index in [1.165, 1.54) is 0 Å². The zero-order valence-corrected chi connectivity index (χ0v) is 14.5. The molecule has 2 N–H and O–H groups in total. The summed E-state index contributed by atoms with van der Waals surface area (Å²) >= 11 is 6.00. The van der Waals surface area contributed by atoms with Crippen molar-refractivity contribution in [3.05, 3.63) is 65.3 Å². The van der Waals surface area contributed by atoms with Crippen molar-refractivity contribution in [2.24, 2.45) is 0 Å². The van der Waals surface area contributed by atoms with Gasteiger partial charge in [-0.25, -0.2) is 5.48 Å². The molecule has 0 fully saturated rings. The van der Waals surface area contributed by atoms with Crippen LogP contribution in [0.3, 0.4) is 0 Å². The summed E-state index contributed by atoms with van der Waals surface area (Å²) in [7, 11) is 0. The van der Waals surface area contributed by atoms with Crippen molar-refractivity contribution in [2.45, 2.75) is 19.3 Å². The lowest BCUT2D eigenvalue weighted by Gasteiger charge is -2.22. The summed E-state index contributed by atoms with van der Waals surface area (Å²) in [5.41, 5.74) is 2.36. The number of hydroxylamine groups is 1. The predicted octanol–water partition coefficient (Wildman–Crippen LogP) is 4.46. The van der Waals surface area contributed by atoms with Crippen molar-refractivity contribution >= 4 is 28.4 Å². The second-order valence-electron chi connectivity index (χ2n) is 6.16. The molecule has 3 rings (SSSR count). The van der Waals surface area contributed by atoms with Gasteiger partial charge in [-0.15, -0.1) is 0 Å². The topological polar surface area (TPSA) is 71.5 Å². The van der Waals surface area contributed by atoms with E-state index in [1.807, 2.05) is 6.07 Å². The van der Waals surface area contributed by atoms with Crippen molar-refractivity contribution in [2.75, 3.05) is 0 Å². The fraction of sp³-hybridized carbons (Fsp3) is 0.158. The third-order valence-electron chi connectivity index (χ3n) is 4.14. The van der Waals surface area contributed by atoms with Crippen molar-refractivity contribution in [1.29, 1.82) is 0 Å². The second-order valence-corrected chi connectivity index (χ2v) is 6.60. The number of fused-ring (bicyclic) bond motifs is 1. The molecule has 0 spiro atoms. The maximum atomic E-state index is 11.8. The Kier molecular flexibility index (Phi) is 4.61. The minimum atomic E-state index is -0.854. The van der Waals surface area contributed by atoms with Crippen molar-refractivity contribution in [1.82, 2.24) is 10.5 Å². The standard InChI is InChI=1S/C19H17ClN2O3/c1-19(2,18(23)22-24)12-3-6-14(7-4-12)25-17-9-10-21-16-11-13(20)5-8-15(16)17/h3-11,24H,1-2H3,(H,22,23). The van der Waals surface area contributed by atoms with Crippen LogP contribution in [0.2, 0.25) is 5.02 Å². The molecule has 6 heteroatoms. The van der Waals surface area contributed by atoms with E-state index in [0.717, 1.165) is 16.5 Å². The smallest absolute Gasteiger partial charge is 0.253 e. The van der Waals surface area contributed by atoms with E-state index >= 15 is 0 Å². The third-order valence-corrected chi connectivity index (χ3v) is 4.37. The van der Waals surface area contributed by atoms with Gasteiger partial charge in [0.1, 0.15) is 11.5 Å². The molecular formula is C19H17ClN2O3. The maximum absolute atomic E-state index is 11.8. The van der Waals surface area contributed by atoms with Gasteiger partial charge in [0.15, 0.2) is 0 Å². The van der Waals surface area contributed by atoms with Gasteiger partial charge in [0.05, 0.1) is 10.9 Å². The van der Waals surface area contributed by atoms with Gasteiger partial charge in [-0.3, -0.25) is 15.0 Å². The number of carbonyl (C=O) groups excluding carboxylic acids is 1. The molecule has 0 aliphatic heterocycles. The average molecular weight is 357 g/mol. The molecule has 1 amide bonds. The Morgan fingerprint density at radius 1 is 1.16 bits per heavy atom. The largest absolute Gasteiger partial charge is 0.457 e. The number of halogens is 1. The number of rotatable bonds is 4. The quantitative estimate of drug-likeness (QED) is 0.534. The number of carbonyl (C=O) groups is 1. The molecular weight excluding hydrogens is 340 g/mol. The average Bonchev–Trinajstić information content (AvgIpc) is 2.61. The summed E-state index contributed by atoms with van der Waals surface area (Å²) in [6.07, 6.45) is 1.66. The molecule has 2 aromatic carbocycles. The Balaban J connectivity index is 1.89. The number of hydrogen-bond donors (Lipinski definition) is 2. The van der Waals surface area contributed by atoms with Gasteiger partial charge in [0.2, 0.25) is 0 Å². The van der Waals surface area contributed by atoms with Crippen LogP contribution in [-0.2, 0) is 10.2 Å². The summed E-state index contributed by atoms with van der Waals surface area (Å²) in [6.45, 7) is 3.46. The minimum absolute atomic E-state index is 0.474. The first-order valence-corrected chi connectivity index (χ1v) is 8.07. The molecule has 3 aromatic rings. The Hall–Kier alpha value is -2.63. The first-order chi connectivity index (χ1) is 11.9. The van der Waals surface area contributed by atoms with E-state index in [1.54, 1.807) is 68.0 Å². The van der Waals surface area contributed by atoms with Crippen molar-refractivity contribution in [3.63, 3.8) is 0 Å². The molecule has 25 heavy (non-hydrogen) atoms. The predicted molar refractivity (Wildman–Crippen MR) is 96.2 cm³/mol. The number of ether oxygens (including phenoxy) is 1. The van der Waals surface area contributed by atoms with E-state index < -0.39 is 11.3 Å². The molecule has 0 aliphatic carbocycles. The molecule has 1 aromatic heterocycles. The van der Waals surface area contributed by atoms with Crippen LogP contribution in [-0.4, -0.2) is 16.1 Å². The fourth-order valence-electron chi connectivity index (χ4n) is 2.52. The highest BCUT2D eigenvalue weighted by molar-refractivity contribution is 6.31. The van der Waals surface area contributed by atoms with E-state index in [-0.39, 0.29) is 0 Å². The van der Waals surface area contributed by atoms with Gasteiger partial charge in [0.25, 0.3) is 5.91 Å². The van der Waals surface area contributed by atoms with Crippen molar-refractivity contribution < 1.29 is 14.7 Å². The van der Waals surface area contributed by atoms with Crippen LogP contribution in [0.15, 0.2) is 54.7 Å². The molecule has 128 valence electrons. The highest BCUT2D eigenvalue weighted by Crippen LogP contribution is 2.31. The molecule has 0 saturated carbocycles. The molecule has 0 saturated heterocycles. The van der Waals surface area contributed by atoms with Crippen LogP contribution >= 0.6 is 11.6 Å². The fourth-order valence-corrected chi connectivity index (χ4v) is 2.69. The SMILES string of the molecule is CC(C)(C(=O)NO)c1ccc(Oc2ccnc3cc(Cl)ccc23)cc1. The number of nitrogens with zero attached hydrogens (tertiary/aromatic N) is 1. The van der Waals surface area contributed by atoms with Crippen LogP contribution < -0.4 is 10.2 Å². The summed E-state index contributed by atoms with van der Waals surface area (Å²) in [4.78, 5) is 16.1. The lowest BCUT2D eigenvalue weighted by molar-refractivity contribution is -0.134. The number of benzene rings is 2. The number of aromatic nitrogens is 1. The number of amides is 1. The van der Waals surface area contributed by atoms with E-state index in [9.17, 15) is 4.79 Å². The van der Waals surface area contributed by atoms with Crippen molar-refractivity contribution in [3.8, 4) is 11.5 Å². The number of hydrogen-bond acceptors (Lipinski definition) is 4. The second kappa shape index (κ2) is 6.70. The van der Waals surface area contributed by atoms with E-state index in [4.69, 9.17) is 21.5 Å². The molecule has 5 nitrogen and oxygen atoms in total.